The van der Waals surface area contributed by atoms with Crippen molar-refractivity contribution in [3.05, 3.63) is 0 Å². The first-order chi connectivity index (χ1) is 23.0. The third kappa shape index (κ3) is 16.9. The van der Waals surface area contributed by atoms with Crippen LogP contribution in [0, 0.1) is 0 Å². The van der Waals surface area contributed by atoms with E-state index in [0.29, 0.717) is 0 Å². The zero-order chi connectivity index (χ0) is 38.9. The van der Waals surface area contributed by atoms with Crippen LogP contribution in [0.3, 0.4) is 0 Å². The first-order valence-electron chi connectivity index (χ1n) is 14.9. The Morgan fingerprint density at radius 1 is 0.800 bits per heavy atom. The van der Waals surface area contributed by atoms with Crippen molar-refractivity contribution in [1.82, 2.24) is 0 Å². The predicted molar refractivity (Wildman–Crippen MR) is 177 cm³/mol. The lowest BCUT2D eigenvalue weighted by Gasteiger charge is -2.50. The summed E-state index contributed by atoms with van der Waals surface area (Å²) in [6.45, 7) is -7.03. The summed E-state index contributed by atoms with van der Waals surface area (Å²) in [5.74, 6) is -17.0. The Hall–Kier alpha value is 1.20. The molecule has 0 aliphatic heterocycles. The minimum Gasteiger partial charge on any atom is -0.339 e. The van der Waals surface area contributed by atoms with Crippen LogP contribution >= 0.6 is 78.3 Å². The number of alkyl halides is 14. The molecule has 302 valence electrons. The van der Waals surface area contributed by atoms with Crippen molar-refractivity contribution >= 4 is 78.3 Å². The standard InChI is InChI=1S/C27H42Br2Cl4F8O9/c1-18(29)14-46-23(33,43-11-5-8-30)21(32)24(44-12-6-9-34,47-15-19(2)31)50-27(42,48-16-20(36)13-35)25(26(39,40)41,45-10-4-7-28)49-17-22(3,37)38/h18-21,42H,4-17H2,1-3H3. The predicted octanol–water partition coefficient (Wildman–Crippen LogP) is 8.32. The molecule has 23 heteroatoms. The average molecular weight is 964 g/mol. The number of rotatable bonds is 30. The molecule has 0 amide bonds. The van der Waals surface area contributed by atoms with Crippen molar-refractivity contribution < 1.29 is 78.1 Å². The van der Waals surface area contributed by atoms with Gasteiger partial charge in [0.25, 0.3) is 11.2 Å². The van der Waals surface area contributed by atoms with Gasteiger partial charge in [-0.05, 0) is 26.2 Å². The first kappa shape index (κ1) is 51.2. The molecule has 0 aromatic carbocycles. The number of hydrogen-bond acceptors (Lipinski definition) is 9. The normalized spacial score (nSPS) is 20.3. The summed E-state index contributed by atoms with van der Waals surface area (Å²) in [5.41, 5.74) is 0. The van der Waals surface area contributed by atoms with Crippen molar-refractivity contribution in [2.75, 3.05) is 70.8 Å². The summed E-state index contributed by atoms with van der Waals surface area (Å²) in [7, 11) is 0. The second kappa shape index (κ2) is 24.0. The monoisotopic (exact) mass is 960 g/mol. The fourth-order valence-corrected chi connectivity index (χ4v) is 4.49. The lowest BCUT2D eigenvalue weighted by molar-refractivity contribution is -0.590. The van der Waals surface area contributed by atoms with Gasteiger partial charge in [-0.25, -0.2) is 17.6 Å². The summed E-state index contributed by atoms with van der Waals surface area (Å²) in [6.07, 6.45) is -9.55. The number of ether oxygens (including phenoxy) is 8. The molecular weight excluding hydrogens is 922 g/mol. The van der Waals surface area contributed by atoms with Crippen LogP contribution in [0.15, 0.2) is 0 Å². The number of aliphatic hydroxyl groups is 1. The lowest BCUT2D eigenvalue weighted by atomic mass is 10.1. The molecule has 0 rings (SSSR count). The molecule has 8 unspecified atom stereocenters. The second-order valence-electron chi connectivity index (χ2n) is 10.6. The maximum atomic E-state index is 15.3. The van der Waals surface area contributed by atoms with Crippen LogP contribution in [0.25, 0.3) is 0 Å². The van der Waals surface area contributed by atoms with E-state index in [0.717, 1.165) is 0 Å². The van der Waals surface area contributed by atoms with Crippen LogP contribution in [0.2, 0.25) is 0 Å². The van der Waals surface area contributed by atoms with Gasteiger partial charge in [0.05, 0.1) is 51.7 Å². The molecular formula is C27H42Br2Cl4F8O9. The molecule has 0 fully saturated rings. The number of hydrogen-bond donors (Lipinski definition) is 1. The molecule has 0 aromatic heterocycles. The summed E-state index contributed by atoms with van der Waals surface area (Å²) >= 11 is 31.4. The van der Waals surface area contributed by atoms with E-state index < -0.39 is 110 Å². The van der Waals surface area contributed by atoms with Gasteiger partial charge >= 0.3 is 23.9 Å². The van der Waals surface area contributed by atoms with Crippen molar-refractivity contribution in [2.45, 2.75) is 96.9 Å². The van der Waals surface area contributed by atoms with Gasteiger partial charge in [0.15, 0.2) is 11.5 Å². The Morgan fingerprint density at radius 3 is 1.88 bits per heavy atom. The molecule has 0 aromatic rings. The van der Waals surface area contributed by atoms with Crippen molar-refractivity contribution in [3.63, 3.8) is 0 Å². The quantitative estimate of drug-likeness (QED) is 0.0331. The molecule has 0 aliphatic rings. The molecule has 0 aliphatic carbocycles. The van der Waals surface area contributed by atoms with Crippen LogP contribution in [0.1, 0.15) is 40.0 Å². The highest BCUT2D eigenvalue weighted by Gasteiger charge is 2.76. The van der Waals surface area contributed by atoms with E-state index >= 15 is 13.2 Å². The van der Waals surface area contributed by atoms with Crippen LogP contribution in [0.5, 0.6) is 0 Å². The number of halogens is 14. The average Bonchev–Trinajstić information content (AvgIpc) is 3.01. The molecule has 0 heterocycles. The molecule has 0 bridgehead atoms. The molecule has 50 heavy (non-hydrogen) atoms. The molecule has 9 nitrogen and oxygen atoms in total. The molecule has 0 radical (unpaired) electrons. The van der Waals surface area contributed by atoms with Crippen molar-refractivity contribution in [2.24, 2.45) is 0 Å². The maximum Gasteiger partial charge on any atom is 0.452 e. The van der Waals surface area contributed by atoms with E-state index in [9.17, 15) is 27.1 Å². The Morgan fingerprint density at radius 2 is 1.40 bits per heavy atom. The van der Waals surface area contributed by atoms with E-state index in [2.05, 4.69) is 36.6 Å². The first-order valence-corrected chi connectivity index (χ1v) is 18.7. The highest BCUT2D eigenvalue weighted by Crippen LogP contribution is 2.50. The highest BCUT2D eigenvalue weighted by molar-refractivity contribution is 9.09. The van der Waals surface area contributed by atoms with Crippen LogP contribution in [0.4, 0.5) is 35.1 Å². The topological polar surface area (TPSA) is 94.1 Å². The fourth-order valence-electron chi connectivity index (χ4n) is 3.39. The van der Waals surface area contributed by atoms with E-state index in [1.54, 1.807) is 6.92 Å². The largest absolute Gasteiger partial charge is 0.452 e. The smallest absolute Gasteiger partial charge is 0.339 e. The highest BCUT2D eigenvalue weighted by atomic mass is 79.9. The Kier molecular flexibility index (Phi) is 24.5. The van der Waals surface area contributed by atoms with Gasteiger partial charge in [0.2, 0.25) is 0 Å². The third-order valence-corrected chi connectivity index (χ3v) is 7.93. The lowest BCUT2D eigenvalue weighted by Crippen LogP contribution is -2.73. The van der Waals surface area contributed by atoms with Gasteiger partial charge in [0, 0.05) is 23.0 Å². The van der Waals surface area contributed by atoms with Crippen LogP contribution < -0.4 is 0 Å². The maximum absolute atomic E-state index is 15.3. The molecule has 1 N–H and O–H groups in total. The van der Waals surface area contributed by atoms with Gasteiger partial charge in [-0.15, -0.1) is 34.8 Å². The second-order valence-corrected chi connectivity index (χ2v) is 15.1. The van der Waals surface area contributed by atoms with Gasteiger partial charge in [0.1, 0.15) is 13.3 Å². The van der Waals surface area contributed by atoms with Gasteiger partial charge < -0.3 is 38.3 Å². The summed E-state index contributed by atoms with van der Waals surface area (Å²) in [5, 5.41) is 5.62. The fraction of sp³-hybridized carbons (Fsp3) is 1.00. The van der Waals surface area contributed by atoms with Crippen molar-refractivity contribution in [1.29, 1.82) is 0 Å². The molecule has 0 spiro atoms. The Balaban J connectivity index is 8.01. The minimum atomic E-state index is -6.11. The molecule has 8 atom stereocenters. The van der Waals surface area contributed by atoms with E-state index in [4.69, 9.17) is 79.6 Å². The van der Waals surface area contributed by atoms with E-state index in [1.165, 1.54) is 6.92 Å². The summed E-state index contributed by atoms with van der Waals surface area (Å²) in [4.78, 5) is -0.486. The van der Waals surface area contributed by atoms with Gasteiger partial charge in [-0.1, -0.05) is 50.4 Å². The zero-order valence-electron chi connectivity index (χ0n) is 27.2. The Bertz CT molecular complexity index is 926. The molecule has 0 saturated heterocycles. The van der Waals surface area contributed by atoms with Crippen LogP contribution in [-0.4, -0.2) is 133 Å². The zero-order valence-corrected chi connectivity index (χ0v) is 33.4. The van der Waals surface area contributed by atoms with Crippen molar-refractivity contribution in [3.8, 4) is 0 Å². The van der Waals surface area contributed by atoms with Crippen LogP contribution in [-0.2, 0) is 37.9 Å². The van der Waals surface area contributed by atoms with Gasteiger partial charge in [-0.3, -0.25) is 9.13 Å². The third-order valence-electron chi connectivity index (χ3n) is 5.60. The SMILES string of the molecule is CC(Cl)COC(OCCCF)(OC(O)(OCC(F)CF)C(OCCCBr)(OCC(C)(F)F)C(F)(F)F)C(Cl)C(Cl)(OCCCCl)OCC(C)Br. The molecule has 0 saturated carbocycles. The van der Waals surface area contributed by atoms with E-state index in [1.807, 2.05) is 0 Å². The summed E-state index contributed by atoms with van der Waals surface area (Å²) < 4.78 is 157. The van der Waals surface area contributed by atoms with E-state index in [-0.39, 0.29) is 44.2 Å². The van der Waals surface area contributed by atoms with Gasteiger partial charge in [-0.2, -0.15) is 13.2 Å². The minimum absolute atomic E-state index is 0.00940. The Labute approximate surface area is 322 Å². The summed E-state index contributed by atoms with van der Waals surface area (Å²) in [6, 6.07) is 0.